The average Bonchev–Trinajstić information content (AvgIpc) is 2.04. The van der Waals surface area contributed by atoms with E-state index in [4.69, 9.17) is 0 Å². The first-order valence-corrected chi connectivity index (χ1v) is 8.74. The smallest absolute Gasteiger partial charge is 0.222 e. The predicted molar refractivity (Wildman–Crippen MR) is 58.6 cm³/mol. The highest BCUT2D eigenvalue weighted by Gasteiger charge is 2.28. The highest BCUT2D eigenvalue weighted by Crippen LogP contribution is 2.22. The average molecular weight is 199 g/mol. The third-order valence-corrected chi connectivity index (χ3v) is 6.09. The molecule has 13 heavy (non-hydrogen) atoms. The Hall–Kier alpha value is -0.313. The third kappa shape index (κ3) is 3.14. The van der Waals surface area contributed by atoms with E-state index in [1.165, 1.54) is 12.1 Å². The highest BCUT2D eigenvalue weighted by atomic mass is 28.3. The van der Waals surface area contributed by atoms with Gasteiger partial charge in [0.15, 0.2) is 0 Å². The highest BCUT2D eigenvalue weighted by molar-refractivity contribution is 6.77. The standard InChI is InChI=1S/C10H21NOSi/c1-4-5-10(12)11-6-8-13(2,3)9-7-11/h4-9H2,1-3H3. The summed E-state index contributed by atoms with van der Waals surface area (Å²) in [7, 11) is -0.895. The molecule has 1 rings (SSSR count). The molecule has 0 aromatic rings. The van der Waals surface area contributed by atoms with Crippen molar-refractivity contribution in [3.05, 3.63) is 0 Å². The summed E-state index contributed by atoms with van der Waals surface area (Å²) in [5, 5.41) is 0. The quantitative estimate of drug-likeness (QED) is 0.625. The summed E-state index contributed by atoms with van der Waals surface area (Å²) in [6.07, 6.45) is 1.72. The van der Waals surface area contributed by atoms with E-state index >= 15 is 0 Å². The molecule has 1 saturated heterocycles. The molecule has 0 atom stereocenters. The van der Waals surface area contributed by atoms with Crippen LogP contribution in [0.3, 0.4) is 0 Å². The van der Waals surface area contributed by atoms with Gasteiger partial charge in [0.25, 0.3) is 0 Å². The van der Waals surface area contributed by atoms with E-state index in [-0.39, 0.29) is 0 Å². The summed E-state index contributed by atoms with van der Waals surface area (Å²) < 4.78 is 0. The van der Waals surface area contributed by atoms with Crippen molar-refractivity contribution in [3.8, 4) is 0 Å². The van der Waals surface area contributed by atoms with E-state index in [0.717, 1.165) is 25.9 Å². The van der Waals surface area contributed by atoms with Crippen molar-refractivity contribution in [2.24, 2.45) is 0 Å². The van der Waals surface area contributed by atoms with E-state index < -0.39 is 8.07 Å². The van der Waals surface area contributed by atoms with Gasteiger partial charge in [-0.15, -0.1) is 0 Å². The van der Waals surface area contributed by atoms with Crippen LogP contribution in [0.5, 0.6) is 0 Å². The van der Waals surface area contributed by atoms with Crippen LogP contribution in [0.1, 0.15) is 19.8 Å². The zero-order valence-corrected chi connectivity index (χ0v) is 10.1. The van der Waals surface area contributed by atoms with Crippen molar-refractivity contribution < 1.29 is 4.79 Å². The molecule has 2 nitrogen and oxygen atoms in total. The lowest BCUT2D eigenvalue weighted by Gasteiger charge is -2.35. The molecule has 0 aliphatic carbocycles. The monoisotopic (exact) mass is 199 g/mol. The molecule has 0 spiro atoms. The van der Waals surface area contributed by atoms with Gasteiger partial charge in [-0.25, -0.2) is 0 Å². The summed E-state index contributed by atoms with van der Waals surface area (Å²) in [4.78, 5) is 13.6. The molecule has 1 aliphatic rings. The van der Waals surface area contributed by atoms with Crippen molar-refractivity contribution in [3.63, 3.8) is 0 Å². The van der Waals surface area contributed by atoms with Gasteiger partial charge in [-0.2, -0.15) is 0 Å². The first-order valence-electron chi connectivity index (χ1n) is 5.33. The summed E-state index contributed by atoms with van der Waals surface area (Å²) >= 11 is 0. The molecule has 1 aliphatic heterocycles. The van der Waals surface area contributed by atoms with Crippen LogP contribution >= 0.6 is 0 Å². The van der Waals surface area contributed by atoms with Crippen LogP contribution in [0.25, 0.3) is 0 Å². The fourth-order valence-electron chi connectivity index (χ4n) is 1.73. The number of rotatable bonds is 2. The summed E-state index contributed by atoms with van der Waals surface area (Å²) in [6.45, 7) is 8.97. The van der Waals surface area contributed by atoms with Crippen molar-refractivity contribution >= 4 is 14.0 Å². The van der Waals surface area contributed by atoms with Crippen LogP contribution in [-0.4, -0.2) is 32.0 Å². The van der Waals surface area contributed by atoms with E-state index in [1.807, 2.05) is 0 Å². The van der Waals surface area contributed by atoms with Crippen molar-refractivity contribution in [2.75, 3.05) is 13.1 Å². The molecule has 0 saturated carbocycles. The molecule has 0 N–H and O–H groups in total. The Morgan fingerprint density at radius 1 is 1.31 bits per heavy atom. The fraction of sp³-hybridized carbons (Fsp3) is 0.900. The predicted octanol–water partition coefficient (Wildman–Crippen LogP) is 2.34. The van der Waals surface area contributed by atoms with Crippen LogP contribution < -0.4 is 0 Å². The zero-order valence-electron chi connectivity index (χ0n) is 9.10. The van der Waals surface area contributed by atoms with Gasteiger partial charge >= 0.3 is 0 Å². The second-order valence-corrected chi connectivity index (χ2v) is 10.1. The minimum Gasteiger partial charge on any atom is -0.343 e. The summed E-state index contributed by atoms with van der Waals surface area (Å²) in [6, 6.07) is 2.59. The minimum atomic E-state index is -0.895. The first-order chi connectivity index (χ1) is 6.05. The van der Waals surface area contributed by atoms with Crippen LogP contribution in [0.15, 0.2) is 0 Å². The molecule has 3 heteroatoms. The van der Waals surface area contributed by atoms with E-state index in [2.05, 4.69) is 24.9 Å². The lowest BCUT2D eigenvalue weighted by atomic mass is 10.3. The molecule has 1 heterocycles. The van der Waals surface area contributed by atoms with Gasteiger partial charge in [0.1, 0.15) is 0 Å². The number of carbonyl (C=O) groups is 1. The number of carbonyl (C=O) groups excluding carboxylic acids is 1. The normalized spacial score (nSPS) is 21.6. The number of amides is 1. The fourth-order valence-corrected chi connectivity index (χ4v) is 3.73. The molecule has 0 bridgehead atoms. The van der Waals surface area contributed by atoms with Gasteiger partial charge in [0.2, 0.25) is 5.91 Å². The topological polar surface area (TPSA) is 20.3 Å². The number of hydrogen-bond donors (Lipinski definition) is 0. The van der Waals surface area contributed by atoms with Crippen molar-refractivity contribution in [2.45, 2.75) is 44.9 Å². The molecular weight excluding hydrogens is 178 g/mol. The van der Waals surface area contributed by atoms with E-state index in [0.29, 0.717) is 5.91 Å². The lowest BCUT2D eigenvalue weighted by molar-refractivity contribution is -0.131. The second kappa shape index (κ2) is 4.27. The second-order valence-electron chi connectivity index (χ2n) is 4.80. The van der Waals surface area contributed by atoms with E-state index in [1.54, 1.807) is 0 Å². The lowest BCUT2D eigenvalue weighted by Crippen LogP contribution is -2.45. The Kier molecular flexibility index (Phi) is 3.53. The molecular formula is C10H21NOSi. The summed E-state index contributed by atoms with van der Waals surface area (Å²) in [5.74, 6) is 0.368. The van der Waals surface area contributed by atoms with Crippen LogP contribution in [0, 0.1) is 0 Å². The van der Waals surface area contributed by atoms with Gasteiger partial charge in [0, 0.05) is 19.5 Å². The van der Waals surface area contributed by atoms with Crippen molar-refractivity contribution in [1.82, 2.24) is 4.90 Å². The number of hydrogen-bond acceptors (Lipinski definition) is 1. The molecule has 1 fully saturated rings. The van der Waals surface area contributed by atoms with Crippen LogP contribution in [0.2, 0.25) is 25.2 Å². The Morgan fingerprint density at radius 3 is 2.31 bits per heavy atom. The maximum absolute atomic E-state index is 11.6. The van der Waals surface area contributed by atoms with Gasteiger partial charge < -0.3 is 4.90 Å². The van der Waals surface area contributed by atoms with E-state index in [9.17, 15) is 4.79 Å². The molecule has 0 unspecified atom stereocenters. The third-order valence-electron chi connectivity index (χ3n) is 2.93. The number of nitrogens with zero attached hydrogens (tertiary/aromatic N) is 1. The molecule has 1 amide bonds. The molecule has 0 radical (unpaired) electrons. The summed E-state index contributed by atoms with van der Waals surface area (Å²) in [5.41, 5.74) is 0. The Balaban J connectivity index is 2.36. The Bertz CT molecular complexity index is 181. The molecule has 0 aromatic heterocycles. The SMILES string of the molecule is CCCC(=O)N1CC[Si](C)(C)CC1. The van der Waals surface area contributed by atoms with Crippen LogP contribution in [-0.2, 0) is 4.79 Å². The zero-order chi connectivity index (χ0) is 9.90. The van der Waals surface area contributed by atoms with Gasteiger partial charge in [-0.3, -0.25) is 4.79 Å². The first kappa shape index (κ1) is 10.8. The van der Waals surface area contributed by atoms with Crippen molar-refractivity contribution in [1.29, 1.82) is 0 Å². The largest absolute Gasteiger partial charge is 0.343 e. The maximum atomic E-state index is 11.6. The minimum absolute atomic E-state index is 0.368. The van der Waals surface area contributed by atoms with Gasteiger partial charge in [-0.1, -0.05) is 20.0 Å². The molecule has 0 aromatic carbocycles. The van der Waals surface area contributed by atoms with Gasteiger partial charge in [0.05, 0.1) is 8.07 Å². The Labute approximate surface area is 82.3 Å². The maximum Gasteiger partial charge on any atom is 0.222 e. The molecule has 76 valence electrons. The van der Waals surface area contributed by atoms with Gasteiger partial charge in [-0.05, 0) is 18.5 Å². The Morgan fingerprint density at radius 2 is 1.85 bits per heavy atom. The van der Waals surface area contributed by atoms with Crippen LogP contribution in [0.4, 0.5) is 0 Å².